The van der Waals surface area contributed by atoms with Gasteiger partial charge in [0.2, 0.25) is 0 Å². The van der Waals surface area contributed by atoms with E-state index in [4.69, 9.17) is 0 Å². The molecule has 10 heavy (non-hydrogen) atoms. The molecule has 0 bridgehead atoms. The number of rotatable bonds is 2. The predicted molar refractivity (Wildman–Crippen MR) is 43.8 cm³/mol. The minimum Gasteiger partial charge on any atom is -0.346 e. The van der Waals surface area contributed by atoms with Crippen molar-refractivity contribution in [3.05, 3.63) is 0 Å². The molecule has 1 nitrogen and oxygen atoms in total. The van der Waals surface area contributed by atoms with Gasteiger partial charge in [-0.3, -0.25) is 0 Å². The number of nitrogens with two attached hydrogens (primary N) is 1. The molecule has 1 heterocycles. The first-order chi connectivity index (χ1) is 4.79. The zero-order valence-electron chi connectivity index (χ0n) is 7.27. The van der Waals surface area contributed by atoms with Gasteiger partial charge in [0.25, 0.3) is 0 Å². The highest BCUT2D eigenvalue weighted by Crippen LogP contribution is 2.16. The van der Waals surface area contributed by atoms with Gasteiger partial charge in [0.15, 0.2) is 0 Å². The Morgan fingerprint density at radius 2 is 2.30 bits per heavy atom. The van der Waals surface area contributed by atoms with Gasteiger partial charge < -0.3 is 5.32 Å². The first-order valence-corrected chi connectivity index (χ1v) is 4.60. The molecule has 1 fully saturated rings. The van der Waals surface area contributed by atoms with Gasteiger partial charge in [-0.1, -0.05) is 13.8 Å². The van der Waals surface area contributed by atoms with Gasteiger partial charge in [0, 0.05) is 5.92 Å². The Morgan fingerprint density at radius 3 is 2.80 bits per heavy atom. The molecule has 0 aromatic rings. The van der Waals surface area contributed by atoms with Crippen molar-refractivity contribution in [1.29, 1.82) is 0 Å². The SMILES string of the molecule is CC(C)CC1CCC[NH2+]C1. The number of hydrogen-bond acceptors (Lipinski definition) is 0. The highest BCUT2D eigenvalue weighted by molar-refractivity contribution is 4.61. The standard InChI is InChI=1S/C9H19N/c1-8(2)6-9-4-3-5-10-7-9/h8-10H,3-7H2,1-2H3/p+1. The Morgan fingerprint density at radius 1 is 1.50 bits per heavy atom. The van der Waals surface area contributed by atoms with Gasteiger partial charge in [-0.15, -0.1) is 0 Å². The van der Waals surface area contributed by atoms with E-state index in [1.54, 1.807) is 0 Å². The molecule has 2 N–H and O–H groups in total. The van der Waals surface area contributed by atoms with Crippen LogP contribution in [0.4, 0.5) is 0 Å². The van der Waals surface area contributed by atoms with Gasteiger partial charge in [-0.05, 0) is 25.2 Å². The van der Waals surface area contributed by atoms with Crippen LogP contribution in [-0.4, -0.2) is 13.1 Å². The lowest BCUT2D eigenvalue weighted by Gasteiger charge is -2.21. The minimum absolute atomic E-state index is 0.900. The maximum atomic E-state index is 2.47. The Bertz CT molecular complexity index is 82.7. The number of quaternary nitrogens is 1. The van der Waals surface area contributed by atoms with Crippen LogP contribution in [0.15, 0.2) is 0 Å². The summed E-state index contributed by atoms with van der Waals surface area (Å²) in [5.74, 6) is 1.92. The molecule has 0 aliphatic carbocycles. The molecule has 0 spiro atoms. The Balaban J connectivity index is 2.13. The fourth-order valence-corrected chi connectivity index (χ4v) is 1.90. The molecule has 1 heteroatoms. The Hall–Kier alpha value is -0.0400. The van der Waals surface area contributed by atoms with Crippen LogP contribution in [0.3, 0.4) is 0 Å². The molecule has 1 aliphatic rings. The molecule has 1 saturated heterocycles. The van der Waals surface area contributed by atoms with Gasteiger partial charge in [-0.2, -0.15) is 0 Å². The van der Waals surface area contributed by atoms with Crippen LogP contribution >= 0.6 is 0 Å². The van der Waals surface area contributed by atoms with Crippen LogP contribution in [0.2, 0.25) is 0 Å². The molecule has 1 aliphatic heterocycles. The lowest BCUT2D eigenvalue weighted by atomic mass is 9.91. The average Bonchev–Trinajstić information content (AvgIpc) is 1.88. The van der Waals surface area contributed by atoms with Crippen molar-refractivity contribution in [1.82, 2.24) is 0 Å². The van der Waals surface area contributed by atoms with E-state index in [2.05, 4.69) is 19.2 Å². The Labute approximate surface area is 64.2 Å². The number of hydrogen-bond donors (Lipinski definition) is 1. The molecule has 0 amide bonds. The molecule has 0 saturated carbocycles. The van der Waals surface area contributed by atoms with E-state index in [1.807, 2.05) is 0 Å². The molecular weight excluding hydrogens is 122 g/mol. The van der Waals surface area contributed by atoms with Gasteiger partial charge in [-0.25, -0.2) is 0 Å². The lowest BCUT2D eigenvalue weighted by molar-refractivity contribution is -0.669. The van der Waals surface area contributed by atoms with Crippen molar-refractivity contribution in [2.45, 2.75) is 33.1 Å². The first-order valence-electron chi connectivity index (χ1n) is 4.60. The summed E-state index contributed by atoms with van der Waals surface area (Å²) in [4.78, 5) is 0. The van der Waals surface area contributed by atoms with Crippen LogP contribution in [0.1, 0.15) is 33.1 Å². The fraction of sp³-hybridized carbons (Fsp3) is 1.00. The quantitative estimate of drug-likeness (QED) is 0.592. The van der Waals surface area contributed by atoms with Gasteiger partial charge in [0.1, 0.15) is 0 Å². The maximum absolute atomic E-state index is 2.47. The van der Waals surface area contributed by atoms with Crippen molar-refractivity contribution in [3.63, 3.8) is 0 Å². The molecule has 1 atom stereocenters. The van der Waals surface area contributed by atoms with E-state index in [1.165, 1.54) is 32.4 Å². The van der Waals surface area contributed by atoms with Crippen molar-refractivity contribution in [2.24, 2.45) is 11.8 Å². The average molecular weight is 142 g/mol. The van der Waals surface area contributed by atoms with E-state index in [0.29, 0.717) is 0 Å². The van der Waals surface area contributed by atoms with Crippen LogP contribution in [0.25, 0.3) is 0 Å². The van der Waals surface area contributed by atoms with E-state index >= 15 is 0 Å². The lowest BCUT2D eigenvalue weighted by Crippen LogP contribution is -2.87. The third kappa shape index (κ3) is 2.70. The van der Waals surface area contributed by atoms with E-state index < -0.39 is 0 Å². The summed E-state index contributed by atoms with van der Waals surface area (Å²) in [5, 5.41) is 2.47. The maximum Gasteiger partial charge on any atom is 0.0784 e. The van der Waals surface area contributed by atoms with Crippen molar-refractivity contribution in [3.8, 4) is 0 Å². The summed E-state index contributed by atoms with van der Waals surface area (Å²) in [6.45, 7) is 7.41. The molecular formula is C9H20N+. The second-order valence-electron chi connectivity index (χ2n) is 3.95. The zero-order chi connectivity index (χ0) is 7.40. The first kappa shape index (κ1) is 8.06. The van der Waals surface area contributed by atoms with Crippen LogP contribution in [0, 0.1) is 11.8 Å². The summed E-state index contributed by atoms with van der Waals surface area (Å²) in [6.07, 6.45) is 4.36. The van der Waals surface area contributed by atoms with Crippen LogP contribution < -0.4 is 5.32 Å². The Kier molecular flexibility index (Phi) is 3.20. The second kappa shape index (κ2) is 3.97. The zero-order valence-corrected chi connectivity index (χ0v) is 7.27. The summed E-state index contributed by atoms with van der Waals surface area (Å²) in [6, 6.07) is 0. The third-order valence-electron chi connectivity index (χ3n) is 2.33. The number of piperidine rings is 1. The van der Waals surface area contributed by atoms with Gasteiger partial charge >= 0.3 is 0 Å². The normalized spacial score (nSPS) is 27.3. The van der Waals surface area contributed by atoms with E-state index in [0.717, 1.165) is 11.8 Å². The molecule has 0 aromatic heterocycles. The fourth-order valence-electron chi connectivity index (χ4n) is 1.90. The minimum atomic E-state index is 0.900. The molecule has 60 valence electrons. The molecule has 0 radical (unpaired) electrons. The molecule has 1 rings (SSSR count). The molecule has 0 aromatic carbocycles. The molecule has 1 unspecified atom stereocenters. The van der Waals surface area contributed by atoms with Crippen molar-refractivity contribution in [2.75, 3.05) is 13.1 Å². The highest BCUT2D eigenvalue weighted by atomic mass is 14.9. The smallest absolute Gasteiger partial charge is 0.0784 e. The summed E-state index contributed by atoms with van der Waals surface area (Å²) >= 11 is 0. The predicted octanol–water partition coefficient (Wildman–Crippen LogP) is 1.01. The van der Waals surface area contributed by atoms with Crippen molar-refractivity contribution >= 4 is 0 Å². The summed E-state index contributed by atoms with van der Waals surface area (Å²) in [7, 11) is 0. The summed E-state index contributed by atoms with van der Waals surface area (Å²) in [5.41, 5.74) is 0. The van der Waals surface area contributed by atoms with E-state index in [-0.39, 0.29) is 0 Å². The van der Waals surface area contributed by atoms with E-state index in [9.17, 15) is 0 Å². The van der Waals surface area contributed by atoms with Crippen molar-refractivity contribution < 1.29 is 5.32 Å². The van der Waals surface area contributed by atoms with Crippen LogP contribution in [-0.2, 0) is 0 Å². The largest absolute Gasteiger partial charge is 0.346 e. The van der Waals surface area contributed by atoms with Gasteiger partial charge in [0.05, 0.1) is 13.1 Å². The topological polar surface area (TPSA) is 16.6 Å². The third-order valence-corrected chi connectivity index (χ3v) is 2.33. The second-order valence-corrected chi connectivity index (χ2v) is 3.95. The van der Waals surface area contributed by atoms with Crippen LogP contribution in [0.5, 0.6) is 0 Å². The monoisotopic (exact) mass is 142 g/mol. The summed E-state index contributed by atoms with van der Waals surface area (Å²) < 4.78 is 0. The highest BCUT2D eigenvalue weighted by Gasteiger charge is 2.16.